The monoisotopic (exact) mass is 111 g/mol. The Labute approximate surface area is 48.3 Å². The van der Waals surface area contributed by atoms with Gasteiger partial charge in [-0.3, -0.25) is 0 Å². The molecule has 1 rings (SSSR count). The van der Waals surface area contributed by atoms with Crippen molar-refractivity contribution < 1.29 is 4.90 Å². The van der Waals surface area contributed by atoms with E-state index >= 15 is 0 Å². The molecule has 0 radical (unpaired) electrons. The van der Waals surface area contributed by atoms with Crippen LogP contribution in [0.3, 0.4) is 0 Å². The predicted octanol–water partition coefficient (Wildman–Crippen LogP) is -0.653. The molecule has 3 nitrogen and oxygen atoms in total. The molecule has 8 heavy (non-hydrogen) atoms. The first kappa shape index (κ1) is 5.31. The lowest BCUT2D eigenvalue weighted by Crippen LogP contribution is -2.98. The van der Waals surface area contributed by atoms with E-state index < -0.39 is 0 Å². The highest BCUT2D eigenvalue weighted by molar-refractivity contribution is 5.11. The molecule has 3 heteroatoms. The van der Waals surface area contributed by atoms with Gasteiger partial charge < -0.3 is 4.90 Å². The molecule has 0 aromatic carbocycles. The Morgan fingerprint density at radius 2 is 2.62 bits per heavy atom. The summed E-state index contributed by atoms with van der Waals surface area (Å²) in [4.78, 5) is 1.02. The van der Waals surface area contributed by atoms with E-state index in [1.807, 2.05) is 13.1 Å². The second kappa shape index (κ2) is 1.96. The van der Waals surface area contributed by atoms with Gasteiger partial charge in [-0.25, -0.2) is 5.10 Å². The molecular weight excluding hydrogens is 102 g/mol. The van der Waals surface area contributed by atoms with Crippen molar-refractivity contribution in [2.75, 3.05) is 7.05 Å². The topological polar surface area (TPSA) is 33.1 Å². The van der Waals surface area contributed by atoms with Crippen molar-refractivity contribution in [3.63, 3.8) is 0 Å². The number of hydrogen-bond acceptors (Lipinski definition) is 1. The summed E-state index contributed by atoms with van der Waals surface area (Å²) in [6.45, 7) is 0. The largest absolute Gasteiger partial charge is 0.421 e. The quantitative estimate of drug-likeness (QED) is 0.464. The summed E-state index contributed by atoms with van der Waals surface area (Å²) in [6, 6.07) is 1.89. The molecule has 0 bridgehead atoms. The van der Waals surface area contributed by atoms with Crippen molar-refractivity contribution >= 4 is 5.82 Å². The van der Waals surface area contributed by atoms with E-state index in [4.69, 9.17) is 0 Å². The highest BCUT2D eigenvalue weighted by Crippen LogP contribution is 1.86. The van der Waals surface area contributed by atoms with Crippen LogP contribution in [0.15, 0.2) is 12.3 Å². The van der Waals surface area contributed by atoms with E-state index in [0.29, 0.717) is 0 Å². The summed E-state index contributed by atoms with van der Waals surface area (Å²) in [5.41, 5.74) is 0. The number of H-pyrrole nitrogens is 1. The zero-order valence-electron chi connectivity index (χ0n) is 4.81. The smallest absolute Gasteiger partial charge is 0.194 e. The lowest BCUT2D eigenvalue weighted by atomic mass is 10.6. The van der Waals surface area contributed by atoms with E-state index in [2.05, 4.69) is 17.2 Å². The van der Waals surface area contributed by atoms with Crippen molar-refractivity contribution in [1.82, 2.24) is 10.2 Å². The number of aromatic amines is 1. The van der Waals surface area contributed by atoms with Gasteiger partial charge in [-0.2, -0.15) is 5.10 Å². The molecule has 0 saturated heterocycles. The molecule has 0 spiro atoms. The van der Waals surface area contributed by atoms with Crippen LogP contribution in [0.25, 0.3) is 0 Å². The first-order valence-corrected chi connectivity index (χ1v) is 2.46. The molecule has 1 heterocycles. The Morgan fingerprint density at radius 3 is 2.88 bits per heavy atom. The van der Waals surface area contributed by atoms with E-state index in [1.165, 1.54) is 0 Å². The van der Waals surface area contributed by atoms with Gasteiger partial charge in [-0.15, -0.1) is 7.05 Å². The summed E-state index contributed by atoms with van der Waals surface area (Å²) < 4.78 is 0. The molecule has 44 valence electrons. The Bertz CT molecular complexity index is 143. The summed E-state index contributed by atoms with van der Waals surface area (Å²) in [7, 11) is 5.66. The van der Waals surface area contributed by atoms with E-state index in [0.717, 1.165) is 10.7 Å². The van der Waals surface area contributed by atoms with Crippen molar-refractivity contribution in [3.05, 3.63) is 19.3 Å². The molecule has 0 aliphatic heterocycles. The van der Waals surface area contributed by atoms with Crippen LogP contribution in [-0.2, 0) is 0 Å². The Morgan fingerprint density at radius 1 is 1.88 bits per heavy atom. The van der Waals surface area contributed by atoms with Gasteiger partial charge in [0.1, 0.15) is 0 Å². The first-order valence-electron chi connectivity index (χ1n) is 2.46. The average Bonchev–Trinajstić information content (AvgIpc) is 2.12. The zero-order chi connectivity index (χ0) is 5.98. The number of hydrogen-bond donors (Lipinski definition) is 2. The van der Waals surface area contributed by atoms with Gasteiger partial charge in [-0.05, 0) is 0 Å². The molecule has 0 saturated carbocycles. The van der Waals surface area contributed by atoms with Crippen LogP contribution in [-0.4, -0.2) is 17.2 Å². The van der Waals surface area contributed by atoms with Crippen molar-refractivity contribution in [3.8, 4) is 0 Å². The highest BCUT2D eigenvalue weighted by Gasteiger charge is 1.91. The van der Waals surface area contributed by atoms with Crippen LogP contribution in [0.1, 0.15) is 0 Å². The second-order valence-electron chi connectivity index (χ2n) is 1.75. The zero-order valence-corrected chi connectivity index (χ0v) is 4.81. The lowest BCUT2D eigenvalue weighted by molar-refractivity contribution is -0.760. The number of aromatic nitrogens is 2. The molecule has 0 aliphatic carbocycles. The molecule has 2 N–H and O–H groups in total. The third-order valence-corrected chi connectivity index (χ3v) is 0.961. The van der Waals surface area contributed by atoms with Crippen LogP contribution in [0, 0.1) is 7.05 Å². The number of quaternary nitrogens is 1. The third kappa shape index (κ3) is 0.869. The molecule has 1 atom stereocenters. The molecular formula is C5H9N3. The predicted molar refractivity (Wildman–Crippen MR) is 30.5 cm³/mol. The van der Waals surface area contributed by atoms with Crippen LogP contribution >= 0.6 is 0 Å². The molecule has 1 unspecified atom stereocenters. The van der Waals surface area contributed by atoms with Gasteiger partial charge in [0.2, 0.25) is 0 Å². The van der Waals surface area contributed by atoms with Crippen LogP contribution < -0.4 is 4.90 Å². The fourth-order valence-corrected chi connectivity index (χ4v) is 0.494. The molecule has 0 aliphatic rings. The maximum atomic E-state index is 3.76. The van der Waals surface area contributed by atoms with Crippen LogP contribution in [0.2, 0.25) is 0 Å². The first-order chi connectivity index (χ1) is 3.80. The van der Waals surface area contributed by atoms with Crippen molar-refractivity contribution in [2.45, 2.75) is 0 Å². The Kier molecular flexibility index (Phi) is 1.30. The summed E-state index contributed by atoms with van der Waals surface area (Å²) >= 11 is 0. The second-order valence-corrected chi connectivity index (χ2v) is 1.75. The molecule has 0 fully saturated rings. The van der Waals surface area contributed by atoms with E-state index in [-0.39, 0.29) is 0 Å². The van der Waals surface area contributed by atoms with Gasteiger partial charge >= 0.3 is 0 Å². The third-order valence-electron chi connectivity index (χ3n) is 0.961. The SMILES string of the molecule is [CH2-][NH+](C)c1ccn[nH]1. The number of nitrogens with zero attached hydrogens (tertiary/aromatic N) is 1. The van der Waals surface area contributed by atoms with E-state index in [9.17, 15) is 0 Å². The lowest BCUT2D eigenvalue weighted by Gasteiger charge is -2.08. The molecule has 0 amide bonds. The maximum Gasteiger partial charge on any atom is 0.194 e. The summed E-state index contributed by atoms with van der Waals surface area (Å²) in [5.74, 6) is 1.00. The van der Waals surface area contributed by atoms with Gasteiger partial charge in [0.05, 0.1) is 6.20 Å². The minimum atomic E-state index is 1.00. The van der Waals surface area contributed by atoms with E-state index in [1.54, 1.807) is 6.20 Å². The van der Waals surface area contributed by atoms with Crippen molar-refractivity contribution in [2.24, 2.45) is 0 Å². The Balaban J connectivity index is 2.77. The molecule has 1 aromatic heterocycles. The minimum Gasteiger partial charge on any atom is -0.421 e. The average molecular weight is 111 g/mol. The Hall–Kier alpha value is -0.830. The normalized spacial score (nSPS) is 13.8. The fourth-order valence-electron chi connectivity index (χ4n) is 0.494. The fraction of sp³-hybridized carbons (Fsp3) is 0.200. The number of nitrogens with one attached hydrogen (secondary N) is 2. The maximum absolute atomic E-state index is 3.76. The van der Waals surface area contributed by atoms with Gasteiger partial charge in [0, 0.05) is 13.1 Å². The number of rotatable bonds is 1. The van der Waals surface area contributed by atoms with Gasteiger partial charge in [-0.1, -0.05) is 0 Å². The van der Waals surface area contributed by atoms with Gasteiger partial charge in [0.15, 0.2) is 5.82 Å². The van der Waals surface area contributed by atoms with Crippen LogP contribution in [0.5, 0.6) is 0 Å². The minimum absolute atomic E-state index is 1.00. The molecule has 1 aromatic rings. The summed E-state index contributed by atoms with van der Waals surface area (Å²) in [5, 5.41) is 6.54. The van der Waals surface area contributed by atoms with Crippen LogP contribution in [0.4, 0.5) is 5.82 Å². The summed E-state index contributed by atoms with van der Waals surface area (Å²) in [6.07, 6.45) is 1.71. The standard InChI is InChI=1S/C5H9N3/c1-8(2)5-3-4-6-7-5/h3-4,8H,1H2,2H3,(H,6,7). The van der Waals surface area contributed by atoms with Gasteiger partial charge in [0.25, 0.3) is 0 Å². The van der Waals surface area contributed by atoms with Crippen molar-refractivity contribution in [1.29, 1.82) is 0 Å². The highest BCUT2D eigenvalue weighted by atomic mass is 15.2.